The van der Waals surface area contributed by atoms with Crippen LogP contribution in [0.4, 0.5) is 4.79 Å². The number of carboxylic acid groups (broad SMARTS) is 1. The van der Waals surface area contributed by atoms with Crippen LogP contribution in [0.25, 0.3) is 0 Å². The third kappa shape index (κ3) is 7.04. The predicted octanol–water partition coefficient (Wildman–Crippen LogP) is 5.09. The number of likely N-dealkylation sites (tertiary alicyclic amines) is 2. The molecule has 5 heterocycles. The number of carboxylic acids is 1. The zero-order valence-electron chi connectivity index (χ0n) is 29.1. The molecule has 5 fully saturated rings. The lowest BCUT2D eigenvalue weighted by Crippen LogP contribution is -2.74. The molecule has 5 aliphatic rings. The van der Waals surface area contributed by atoms with Gasteiger partial charge in [-0.05, 0) is 87.1 Å². The molecule has 3 aromatic carbocycles. The van der Waals surface area contributed by atoms with Crippen molar-refractivity contribution in [1.29, 1.82) is 0 Å². The maximum absolute atomic E-state index is 14.2. The first-order valence-electron chi connectivity index (χ1n) is 18.0. The second-order valence-electron chi connectivity index (χ2n) is 14.5. The molecular formula is C39H44Cl2N6O5. The minimum absolute atomic E-state index is 0.0218. The molecule has 5 aliphatic heterocycles. The molecule has 0 saturated carbocycles. The zero-order valence-corrected chi connectivity index (χ0v) is 30.6. The third-order valence-electron chi connectivity index (χ3n) is 11.6. The molecule has 3 aromatic rings. The van der Waals surface area contributed by atoms with E-state index in [1.807, 2.05) is 83.8 Å². The van der Waals surface area contributed by atoms with Gasteiger partial charge in [0.2, 0.25) is 12.1 Å². The summed E-state index contributed by atoms with van der Waals surface area (Å²) in [4.78, 5) is 59.5. The number of piperazine rings is 1. The van der Waals surface area contributed by atoms with Gasteiger partial charge in [0.25, 0.3) is 5.91 Å². The minimum atomic E-state index is -1.14. The van der Waals surface area contributed by atoms with E-state index in [9.17, 15) is 24.3 Å². The van der Waals surface area contributed by atoms with Crippen LogP contribution in [0.3, 0.4) is 0 Å². The molecule has 2 N–H and O–H groups in total. The molecule has 274 valence electrons. The van der Waals surface area contributed by atoms with Gasteiger partial charge < -0.3 is 14.9 Å². The lowest BCUT2D eigenvalue weighted by atomic mass is 9.71. The Kier molecular flexibility index (Phi) is 10.6. The average Bonchev–Trinajstić information content (AvgIpc) is 3.62. The first-order chi connectivity index (χ1) is 25.1. The number of carbonyl (C=O) groups is 4. The van der Waals surface area contributed by atoms with Crippen LogP contribution in [-0.2, 0) is 20.4 Å². The molecule has 2 atom stereocenters. The van der Waals surface area contributed by atoms with Crippen LogP contribution in [0.2, 0.25) is 10.0 Å². The summed E-state index contributed by atoms with van der Waals surface area (Å²) in [5.41, 5.74) is 1.37. The van der Waals surface area contributed by atoms with Crippen molar-refractivity contribution in [2.45, 2.75) is 49.1 Å². The SMILES string of the molecule is O=C(O)C1N2CCN(CC2)N1C(=O)NC(=O)C1(c2ccccc2)CCN(CCCC2(c3ccc(Cl)c(Cl)c3)CCN(C(=O)c3ccccc3)C2)CC1. The Morgan fingerprint density at radius 2 is 1.44 bits per heavy atom. The van der Waals surface area contributed by atoms with Gasteiger partial charge in [0.1, 0.15) is 0 Å². The molecule has 8 rings (SSSR count). The van der Waals surface area contributed by atoms with Crippen LogP contribution in [0.1, 0.15) is 53.6 Å². The summed E-state index contributed by atoms with van der Waals surface area (Å²) < 4.78 is 0. The lowest BCUT2D eigenvalue weighted by molar-refractivity contribution is -0.190. The molecule has 0 aromatic heterocycles. The number of nitrogens with one attached hydrogen (secondary N) is 1. The molecule has 4 amide bonds. The van der Waals surface area contributed by atoms with Gasteiger partial charge in [-0.1, -0.05) is 77.8 Å². The highest BCUT2D eigenvalue weighted by molar-refractivity contribution is 6.42. The fraction of sp³-hybridized carbons (Fsp3) is 0.436. The number of imide groups is 1. The van der Waals surface area contributed by atoms with Crippen molar-refractivity contribution in [2.75, 3.05) is 58.9 Å². The van der Waals surface area contributed by atoms with Gasteiger partial charge in [-0.15, -0.1) is 0 Å². The highest BCUT2D eigenvalue weighted by Gasteiger charge is 2.49. The number of urea groups is 1. The van der Waals surface area contributed by atoms with Crippen molar-refractivity contribution in [3.05, 3.63) is 106 Å². The van der Waals surface area contributed by atoms with E-state index in [0.717, 1.165) is 36.9 Å². The zero-order chi connectivity index (χ0) is 36.5. The fourth-order valence-electron chi connectivity index (χ4n) is 8.68. The second-order valence-corrected chi connectivity index (χ2v) is 15.3. The molecule has 2 bridgehead atoms. The number of halogens is 2. The number of carbonyl (C=O) groups excluding carboxylic acids is 3. The fourth-order valence-corrected chi connectivity index (χ4v) is 8.98. The summed E-state index contributed by atoms with van der Waals surface area (Å²) in [6, 6.07) is 24.0. The Bertz CT molecular complexity index is 1800. The highest BCUT2D eigenvalue weighted by atomic mass is 35.5. The van der Waals surface area contributed by atoms with Crippen molar-refractivity contribution in [1.82, 2.24) is 30.0 Å². The number of piperidine rings is 1. The molecule has 2 unspecified atom stereocenters. The van der Waals surface area contributed by atoms with Gasteiger partial charge in [-0.25, -0.2) is 19.6 Å². The van der Waals surface area contributed by atoms with Gasteiger partial charge >= 0.3 is 12.0 Å². The second kappa shape index (κ2) is 15.2. The number of hydrogen-bond acceptors (Lipinski definition) is 7. The van der Waals surface area contributed by atoms with E-state index < -0.39 is 29.5 Å². The molecular weight excluding hydrogens is 703 g/mol. The quantitative estimate of drug-likeness (QED) is 0.312. The molecule has 0 aliphatic carbocycles. The number of hydrazine groups is 1. The number of amides is 4. The van der Waals surface area contributed by atoms with Gasteiger partial charge in [0, 0.05) is 50.2 Å². The topological polar surface area (TPSA) is 117 Å². The smallest absolute Gasteiger partial charge is 0.343 e. The molecule has 52 heavy (non-hydrogen) atoms. The van der Waals surface area contributed by atoms with Crippen LogP contribution in [0.15, 0.2) is 78.9 Å². The molecule has 0 spiro atoms. The number of benzene rings is 3. The van der Waals surface area contributed by atoms with Crippen molar-refractivity contribution in [2.24, 2.45) is 0 Å². The lowest BCUT2D eigenvalue weighted by Gasteiger charge is -2.52. The van der Waals surface area contributed by atoms with E-state index >= 15 is 0 Å². The van der Waals surface area contributed by atoms with Gasteiger partial charge in [-0.3, -0.25) is 19.8 Å². The van der Waals surface area contributed by atoms with E-state index in [-0.39, 0.29) is 11.3 Å². The van der Waals surface area contributed by atoms with Crippen LogP contribution in [0, 0.1) is 0 Å². The first-order valence-corrected chi connectivity index (χ1v) is 18.8. The van der Waals surface area contributed by atoms with E-state index in [2.05, 4.69) is 10.2 Å². The summed E-state index contributed by atoms with van der Waals surface area (Å²) in [5.74, 6) is -1.50. The maximum atomic E-state index is 14.2. The van der Waals surface area contributed by atoms with Crippen LogP contribution in [-0.4, -0.2) is 119 Å². The number of hydrogen-bond donors (Lipinski definition) is 2. The van der Waals surface area contributed by atoms with E-state index in [0.29, 0.717) is 80.8 Å². The summed E-state index contributed by atoms with van der Waals surface area (Å²) >= 11 is 12.8. The summed E-state index contributed by atoms with van der Waals surface area (Å²) in [5, 5.41) is 16.5. The number of aliphatic carboxylic acids is 1. The molecule has 5 saturated heterocycles. The van der Waals surface area contributed by atoms with Crippen molar-refractivity contribution >= 4 is 47.0 Å². The molecule has 0 radical (unpaired) electrons. The van der Waals surface area contributed by atoms with Crippen molar-refractivity contribution < 1.29 is 24.3 Å². The number of rotatable bonds is 9. The highest BCUT2D eigenvalue weighted by Crippen LogP contribution is 2.42. The van der Waals surface area contributed by atoms with Crippen LogP contribution < -0.4 is 5.32 Å². The Balaban J connectivity index is 1.03. The maximum Gasteiger partial charge on any atom is 0.343 e. The normalized spacial score (nSPS) is 25.5. The van der Waals surface area contributed by atoms with Crippen molar-refractivity contribution in [3.8, 4) is 0 Å². The van der Waals surface area contributed by atoms with Crippen LogP contribution >= 0.6 is 23.2 Å². The Morgan fingerprint density at radius 1 is 0.769 bits per heavy atom. The third-order valence-corrected chi connectivity index (χ3v) is 12.4. The summed E-state index contributed by atoms with van der Waals surface area (Å²) in [6.07, 6.45) is 2.39. The Hall–Kier alpha value is -4.00. The number of fused-ring (bicyclic) bond motifs is 3. The van der Waals surface area contributed by atoms with E-state index in [1.54, 1.807) is 9.91 Å². The van der Waals surface area contributed by atoms with E-state index in [1.165, 1.54) is 5.01 Å². The first kappa shape index (κ1) is 36.4. The van der Waals surface area contributed by atoms with Gasteiger partial charge in [0.05, 0.1) is 15.5 Å². The summed E-state index contributed by atoms with van der Waals surface area (Å²) in [7, 11) is 0. The van der Waals surface area contributed by atoms with Crippen molar-refractivity contribution in [3.63, 3.8) is 0 Å². The Morgan fingerprint density at radius 3 is 2.10 bits per heavy atom. The standard InChI is InChI=1S/C39H44Cl2N6O5/c40-31-13-12-30(26-32(31)41)38(15-21-45(27-38)34(48)28-8-3-1-4-9-28)14-7-18-43-19-16-39(17-20-43,29-10-5-2-6-11-29)36(51)42-37(52)47-33(35(49)50)44-22-24-46(47)25-23-44/h1-6,8-13,26,33H,7,14-25,27H2,(H,49,50)(H,42,51,52). The summed E-state index contributed by atoms with van der Waals surface area (Å²) in [6.45, 7) is 5.49. The average molecular weight is 748 g/mol. The minimum Gasteiger partial charge on any atom is -0.479 e. The van der Waals surface area contributed by atoms with Gasteiger partial charge in [-0.2, -0.15) is 0 Å². The van der Waals surface area contributed by atoms with Crippen LogP contribution in [0.5, 0.6) is 0 Å². The van der Waals surface area contributed by atoms with Gasteiger partial charge in [0.15, 0.2) is 0 Å². The predicted molar refractivity (Wildman–Crippen MR) is 198 cm³/mol. The largest absolute Gasteiger partial charge is 0.479 e. The van der Waals surface area contributed by atoms with E-state index in [4.69, 9.17) is 23.2 Å². The monoisotopic (exact) mass is 746 g/mol. The molecule has 13 heteroatoms. The molecule has 11 nitrogen and oxygen atoms in total. The number of nitrogens with zero attached hydrogens (tertiary/aromatic N) is 5. The Labute approximate surface area is 314 Å².